The van der Waals surface area contributed by atoms with Crippen molar-refractivity contribution in [3.8, 4) is 0 Å². The number of hydrazone groups is 1. The van der Waals surface area contributed by atoms with E-state index in [0.29, 0.717) is 0 Å². The maximum Gasteiger partial charge on any atom is 0.0750 e. The molecular weight excluding hydrogens is 376 g/mol. The Hall–Kier alpha value is -2.54. The molecule has 1 aromatic rings. The van der Waals surface area contributed by atoms with Crippen LogP contribution in [-0.2, 0) is 4.74 Å². The van der Waals surface area contributed by atoms with Crippen molar-refractivity contribution in [1.29, 1.82) is 0 Å². The van der Waals surface area contributed by atoms with Crippen LogP contribution < -0.4 is 10.7 Å². The van der Waals surface area contributed by atoms with Gasteiger partial charge >= 0.3 is 0 Å². The zero-order valence-corrected chi connectivity index (χ0v) is 18.4. The lowest BCUT2D eigenvalue weighted by molar-refractivity contribution is -0.00146. The minimum Gasteiger partial charge on any atom is -0.381 e. The summed E-state index contributed by atoms with van der Waals surface area (Å²) in [5.41, 5.74) is 5.46. The van der Waals surface area contributed by atoms with Crippen LogP contribution in [0.2, 0.25) is 0 Å². The van der Waals surface area contributed by atoms with E-state index in [4.69, 9.17) is 4.74 Å². The van der Waals surface area contributed by atoms with E-state index in [9.17, 15) is 0 Å². The van der Waals surface area contributed by atoms with Gasteiger partial charge in [-0.15, -0.1) is 0 Å². The molecule has 2 aliphatic rings. The van der Waals surface area contributed by atoms with Gasteiger partial charge in [0.25, 0.3) is 0 Å². The first-order chi connectivity index (χ1) is 14.7. The average Bonchev–Trinajstić information content (AvgIpc) is 3.37. The Bertz CT molecular complexity index is 753. The number of H-pyrrole nitrogens is 1. The quantitative estimate of drug-likeness (QED) is 0.405. The van der Waals surface area contributed by atoms with E-state index in [-0.39, 0.29) is 24.1 Å². The molecule has 1 fully saturated rings. The summed E-state index contributed by atoms with van der Waals surface area (Å²) in [5, 5.41) is 15.0. The fourth-order valence-electron chi connectivity index (χ4n) is 3.68. The van der Waals surface area contributed by atoms with Gasteiger partial charge in [-0.05, 0) is 38.7 Å². The maximum absolute atomic E-state index is 5.61. The zero-order chi connectivity index (χ0) is 21.2. The van der Waals surface area contributed by atoms with Crippen molar-refractivity contribution < 1.29 is 4.74 Å². The second-order valence-electron chi connectivity index (χ2n) is 8.05. The monoisotopic (exact) mass is 412 g/mol. The summed E-state index contributed by atoms with van der Waals surface area (Å²) in [7, 11) is 0. The molecular formula is C23H36N6O. The predicted molar refractivity (Wildman–Crippen MR) is 122 cm³/mol. The molecule has 3 unspecified atom stereocenters. The van der Waals surface area contributed by atoms with Gasteiger partial charge in [0.1, 0.15) is 0 Å². The Balaban J connectivity index is 1.57. The fourth-order valence-corrected chi connectivity index (χ4v) is 3.68. The minimum absolute atomic E-state index is 0.104. The molecule has 0 radical (unpaired) electrons. The van der Waals surface area contributed by atoms with Gasteiger partial charge in [-0.2, -0.15) is 10.2 Å². The number of hydrogen-bond donors (Lipinski definition) is 3. The van der Waals surface area contributed by atoms with E-state index >= 15 is 0 Å². The third-order valence-corrected chi connectivity index (χ3v) is 5.51. The van der Waals surface area contributed by atoms with E-state index in [0.717, 1.165) is 31.8 Å². The first-order valence-corrected chi connectivity index (χ1v) is 11.1. The van der Waals surface area contributed by atoms with E-state index in [1.54, 1.807) is 0 Å². The smallest absolute Gasteiger partial charge is 0.0750 e. The van der Waals surface area contributed by atoms with Crippen LogP contribution in [0.25, 0.3) is 0 Å². The van der Waals surface area contributed by atoms with Crippen molar-refractivity contribution in [2.75, 3.05) is 19.7 Å². The van der Waals surface area contributed by atoms with Crippen LogP contribution in [0, 0.1) is 12.8 Å². The summed E-state index contributed by atoms with van der Waals surface area (Å²) >= 11 is 0. The highest BCUT2D eigenvalue weighted by molar-refractivity contribution is 5.66. The normalized spacial score (nSPS) is 25.6. The van der Waals surface area contributed by atoms with Crippen molar-refractivity contribution in [2.45, 2.75) is 58.2 Å². The number of aromatic nitrogens is 2. The molecule has 0 bridgehead atoms. The number of nitrogens with zero attached hydrogens (tertiary/aromatic N) is 3. The first kappa shape index (κ1) is 22.2. The minimum atomic E-state index is 0.104. The summed E-state index contributed by atoms with van der Waals surface area (Å²) in [6, 6.07) is 0.266. The number of unbranched alkanes of at least 4 members (excludes halogenated alkanes) is 2. The topological polar surface area (TPSA) is 77.6 Å². The summed E-state index contributed by atoms with van der Waals surface area (Å²) in [6.45, 7) is 9.04. The van der Waals surface area contributed by atoms with E-state index < -0.39 is 0 Å². The van der Waals surface area contributed by atoms with Crippen molar-refractivity contribution in [2.24, 2.45) is 11.0 Å². The second-order valence-corrected chi connectivity index (χ2v) is 8.05. The molecule has 3 rings (SSSR count). The van der Waals surface area contributed by atoms with Crippen molar-refractivity contribution in [1.82, 2.24) is 25.8 Å². The Morgan fingerprint density at radius 1 is 1.40 bits per heavy atom. The van der Waals surface area contributed by atoms with Crippen molar-refractivity contribution in [3.05, 3.63) is 54.2 Å². The van der Waals surface area contributed by atoms with E-state index in [1.165, 1.54) is 18.4 Å². The van der Waals surface area contributed by atoms with Crippen LogP contribution in [0.3, 0.4) is 0 Å². The molecule has 0 aliphatic carbocycles. The summed E-state index contributed by atoms with van der Waals surface area (Å²) in [4.78, 5) is 2.31. The SMILES string of the molecule is CCCC/C=C/C(N/C=C/C1C=NNC1/C=C/N1CCO[C@H](C)C1)c1cn[nH]c1C. The van der Waals surface area contributed by atoms with Crippen LogP contribution in [-0.4, -0.2) is 53.2 Å². The highest BCUT2D eigenvalue weighted by atomic mass is 16.5. The van der Waals surface area contributed by atoms with Crippen LogP contribution in [0.4, 0.5) is 0 Å². The van der Waals surface area contributed by atoms with Gasteiger partial charge in [0, 0.05) is 36.5 Å². The van der Waals surface area contributed by atoms with Gasteiger partial charge in [0.15, 0.2) is 0 Å². The Morgan fingerprint density at radius 2 is 2.30 bits per heavy atom. The molecule has 3 N–H and O–H groups in total. The van der Waals surface area contributed by atoms with Crippen LogP contribution in [0.15, 0.2) is 48.0 Å². The van der Waals surface area contributed by atoms with Gasteiger partial charge in [-0.3, -0.25) is 5.10 Å². The highest BCUT2D eigenvalue weighted by Crippen LogP contribution is 2.18. The average molecular weight is 413 g/mol. The molecule has 0 saturated carbocycles. The van der Waals surface area contributed by atoms with Gasteiger partial charge in [-0.1, -0.05) is 38.0 Å². The number of aromatic amines is 1. The number of ether oxygens (including phenoxy) is 1. The summed E-state index contributed by atoms with van der Waals surface area (Å²) in [5.74, 6) is 0.211. The number of morpholine rings is 1. The lowest BCUT2D eigenvalue weighted by Gasteiger charge is -2.30. The van der Waals surface area contributed by atoms with Crippen molar-refractivity contribution >= 4 is 6.21 Å². The molecule has 0 spiro atoms. The third-order valence-electron chi connectivity index (χ3n) is 5.51. The van der Waals surface area contributed by atoms with Gasteiger partial charge < -0.3 is 20.4 Å². The molecule has 7 nitrogen and oxygen atoms in total. The summed E-state index contributed by atoms with van der Waals surface area (Å²) in [6.07, 6.45) is 20.7. The molecule has 0 aromatic carbocycles. The van der Waals surface area contributed by atoms with Crippen molar-refractivity contribution in [3.63, 3.8) is 0 Å². The molecule has 7 heteroatoms. The number of aryl methyl sites for hydroxylation is 1. The molecule has 2 aliphatic heterocycles. The predicted octanol–water partition coefficient (Wildman–Crippen LogP) is 3.42. The number of nitrogens with one attached hydrogen (secondary N) is 3. The lowest BCUT2D eigenvalue weighted by Crippen LogP contribution is -2.38. The van der Waals surface area contributed by atoms with Crippen LogP contribution in [0.5, 0.6) is 0 Å². The molecule has 4 atom stereocenters. The fraction of sp³-hybridized carbons (Fsp3) is 0.565. The number of rotatable bonds is 10. The maximum atomic E-state index is 5.61. The van der Waals surface area contributed by atoms with E-state index in [1.807, 2.05) is 18.6 Å². The standard InChI is InChI=1S/C23H36N6O/c1-4-5-6-7-8-23(21-16-26-27-19(21)3)24-11-9-20-15-25-28-22(20)10-12-29-13-14-30-18(2)17-29/h7-12,15-16,18,20,22-24,28H,4-6,13-14,17H2,1-3H3,(H,26,27)/b8-7+,11-9+,12-10+/t18-,20?,22?,23?/m1/s1. The summed E-state index contributed by atoms with van der Waals surface area (Å²) < 4.78 is 5.61. The zero-order valence-electron chi connectivity index (χ0n) is 18.4. The van der Waals surface area contributed by atoms with Crippen LogP contribution >= 0.6 is 0 Å². The largest absolute Gasteiger partial charge is 0.381 e. The third kappa shape index (κ3) is 6.49. The Kier molecular flexibility index (Phi) is 8.56. The second kappa shape index (κ2) is 11.6. The molecule has 3 heterocycles. The van der Waals surface area contributed by atoms with Gasteiger partial charge in [-0.25, -0.2) is 0 Å². The number of allylic oxidation sites excluding steroid dienone is 1. The Morgan fingerprint density at radius 3 is 3.07 bits per heavy atom. The Labute approximate surface area is 180 Å². The molecule has 30 heavy (non-hydrogen) atoms. The van der Waals surface area contributed by atoms with Gasteiger partial charge in [0.05, 0.1) is 31.0 Å². The molecule has 0 amide bonds. The highest BCUT2D eigenvalue weighted by Gasteiger charge is 2.20. The van der Waals surface area contributed by atoms with E-state index in [2.05, 4.69) is 82.2 Å². The van der Waals surface area contributed by atoms with Crippen LogP contribution in [0.1, 0.15) is 50.4 Å². The number of hydrogen-bond acceptors (Lipinski definition) is 6. The first-order valence-electron chi connectivity index (χ1n) is 11.1. The van der Waals surface area contributed by atoms with Gasteiger partial charge in [0.2, 0.25) is 0 Å². The lowest BCUT2D eigenvalue weighted by atomic mass is 10.0. The molecule has 1 aromatic heterocycles. The molecule has 164 valence electrons. The molecule has 1 saturated heterocycles.